The van der Waals surface area contributed by atoms with Gasteiger partial charge in [-0.05, 0) is 36.2 Å². The van der Waals surface area contributed by atoms with Gasteiger partial charge in [0.05, 0.1) is 0 Å². The SMILES string of the molecule is Oc1ccc(OCCN2CCN(CCc3ccccc3)CC2)cc1. The van der Waals surface area contributed by atoms with Crippen molar-refractivity contribution >= 4 is 0 Å². The third-order valence-electron chi connectivity index (χ3n) is 4.54. The zero-order chi connectivity index (χ0) is 16.6. The van der Waals surface area contributed by atoms with Crippen LogP contribution in [-0.4, -0.2) is 60.8 Å². The lowest BCUT2D eigenvalue weighted by atomic mass is 10.1. The van der Waals surface area contributed by atoms with Gasteiger partial charge in [-0.25, -0.2) is 0 Å². The Morgan fingerprint density at radius 2 is 1.42 bits per heavy atom. The van der Waals surface area contributed by atoms with E-state index in [-0.39, 0.29) is 5.75 Å². The van der Waals surface area contributed by atoms with Gasteiger partial charge in [0.15, 0.2) is 0 Å². The predicted molar refractivity (Wildman–Crippen MR) is 96.6 cm³/mol. The predicted octanol–water partition coefficient (Wildman–Crippen LogP) is 2.63. The molecule has 3 rings (SSSR count). The highest BCUT2D eigenvalue weighted by molar-refractivity contribution is 5.30. The van der Waals surface area contributed by atoms with Crippen molar-refractivity contribution in [1.82, 2.24) is 9.80 Å². The molecule has 1 aliphatic rings. The van der Waals surface area contributed by atoms with Gasteiger partial charge >= 0.3 is 0 Å². The molecule has 128 valence electrons. The summed E-state index contributed by atoms with van der Waals surface area (Å²) in [4.78, 5) is 5.00. The Labute approximate surface area is 144 Å². The van der Waals surface area contributed by atoms with Crippen LogP contribution in [0, 0.1) is 0 Å². The van der Waals surface area contributed by atoms with E-state index in [2.05, 4.69) is 40.1 Å². The van der Waals surface area contributed by atoms with E-state index < -0.39 is 0 Å². The molecule has 1 fully saturated rings. The number of rotatable bonds is 7. The van der Waals surface area contributed by atoms with Crippen LogP contribution in [0.1, 0.15) is 5.56 Å². The van der Waals surface area contributed by atoms with Crippen molar-refractivity contribution in [3.8, 4) is 11.5 Å². The number of nitrogens with zero attached hydrogens (tertiary/aromatic N) is 2. The molecule has 1 N–H and O–H groups in total. The summed E-state index contributed by atoms with van der Waals surface area (Å²) < 4.78 is 5.73. The molecule has 2 aromatic carbocycles. The summed E-state index contributed by atoms with van der Waals surface area (Å²) in [5, 5.41) is 9.26. The maximum Gasteiger partial charge on any atom is 0.119 e. The third-order valence-corrected chi connectivity index (χ3v) is 4.54. The van der Waals surface area contributed by atoms with Gasteiger partial charge in [-0.3, -0.25) is 4.90 Å². The Balaban J connectivity index is 1.31. The van der Waals surface area contributed by atoms with Gasteiger partial charge in [-0.1, -0.05) is 30.3 Å². The number of ether oxygens (including phenoxy) is 1. The molecule has 1 aliphatic heterocycles. The van der Waals surface area contributed by atoms with Crippen molar-refractivity contribution in [1.29, 1.82) is 0 Å². The number of hydrogen-bond acceptors (Lipinski definition) is 4. The molecular formula is C20H26N2O2. The van der Waals surface area contributed by atoms with Crippen LogP contribution in [0.2, 0.25) is 0 Å². The molecule has 0 atom stereocenters. The van der Waals surface area contributed by atoms with Gasteiger partial charge < -0.3 is 14.7 Å². The molecule has 1 heterocycles. The molecule has 4 nitrogen and oxygen atoms in total. The number of hydrogen-bond donors (Lipinski definition) is 1. The van der Waals surface area contributed by atoms with Crippen LogP contribution in [0.15, 0.2) is 54.6 Å². The van der Waals surface area contributed by atoms with Crippen molar-refractivity contribution in [2.75, 3.05) is 45.9 Å². The average Bonchev–Trinajstić information content (AvgIpc) is 2.64. The zero-order valence-electron chi connectivity index (χ0n) is 14.1. The fourth-order valence-corrected chi connectivity index (χ4v) is 3.00. The normalized spacial score (nSPS) is 16.2. The van der Waals surface area contributed by atoms with Crippen molar-refractivity contribution in [3.05, 3.63) is 60.2 Å². The number of phenolic OH excluding ortho intramolecular Hbond substituents is 1. The molecule has 0 spiro atoms. The molecular weight excluding hydrogens is 300 g/mol. The lowest BCUT2D eigenvalue weighted by Crippen LogP contribution is -2.47. The highest BCUT2D eigenvalue weighted by atomic mass is 16.5. The smallest absolute Gasteiger partial charge is 0.119 e. The largest absolute Gasteiger partial charge is 0.508 e. The second kappa shape index (κ2) is 8.71. The van der Waals surface area contributed by atoms with E-state index in [4.69, 9.17) is 4.74 Å². The van der Waals surface area contributed by atoms with Crippen molar-refractivity contribution < 1.29 is 9.84 Å². The lowest BCUT2D eigenvalue weighted by Gasteiger charge is -2.34. The number of aromatic hydroxyl groups is 1. The number of phenols is 1. The van der Waals surface area contributed by atoms with E-state index in [1.54, 1.807) is 24.3 Å². The Bertz CT molecular complexity index is 593. The summed E-state index contributed by atoms with van der Waals surface area (Å²) in [5.41, 5.74) is 1.42. The fraction of sp³-hybridized carbons (Fsp3) is 0.400. The monoisotopic (exact) mass is 326 g/mol. The van der Waals surface area contributed by atoms with Crippen LogP contribution >= 0.6 is 0 Å². The van der Waals surface area contributed by atoms with Crippen LogP contribution in [0.3, 0.4) is 0 Å². The maximum atomic E-state index is 9.26. The topological polar surface area (TPSA) is 35.9 Å². The van der Waals surface area contributed by atoms with Gasteiger partial charge in [0, 0.05) is 39.3 Å². The Morgan fingerprint density at radius 1 is 0.792 bits per heavy atom. The molecule has 0 amide bonds. The van der Waals surface area contributed by atoms with Gasteiger partial charge in [0.2, 0.25) is 0 Å². The van der Waals surface area contributed by atoms with E-state index in [0.29, 0.717) is 6.61 Å². The van der Waals surface area contributed by atoms with Crippen LogP contribution in [0.25, 0.3) is 0 Å². The van der Waals surface area contributed by atoms with E-state index >= 15 is 0 Å². The van der Waals surface area contributed by atoms with E-state index in [0.717, 1.165) is 51.4 Å². The Kier molecular flexibility index (Phi) is 6.10. The number of piperazine rings is 1. The minimum absolute atomic E-state index is 0.272. The quantitative estimate of drug-likeness (QED) is 0.848. The second-order valence-electron chi connectivity index (χ2n) is 6.26. The molecule has 0 aliphatic carbocycles. The molecule has 0 aromatic heterocycles. The molecule has 0 radical (unpaired) electrons. The molecule has 2 aromatic rings. The maximum absolute atomic E-state index is 9.26. The van der Waals surface area contributed by atoms with Crippen LogP contribution < -0.4 is 4.74 Å². The highest BCUT2D eigenvalue weighted by Crippen LogP contribution is 2.15. The molecule has 0 saturated carbocycles. The van der Waals surface area contributed by atoms with Gasteiger partial charge in [-0.2, -0.15) is 0 Å². The second-order valence-corrected chi connectivity index (χ2v) is 6.26. The van der Waals surface area contributed by atoms with Crippen LogP contribution in [0.4, 0.5) is 0 Å². The number of benzene rings is 2. The summed E-state index contributed by atoms with van der Waals surface area (Å²) in [7, 11) is 0. The zero-order valence-corrected chi connectivity index (χ0v) is 14.1. The first-order valence-corrected chi connectivity index (χ1v) is 8.70. The first-order valence-electron chi connectivity index (χ1n) is 8.70. The molecule has 0 unspecified atom stereocenters. The standard InChI is InChI=1S/C20H26N2O2/c23-19-6-8-20(9-7-19)24-17-16-22-14-12-21(13-15-22)11-10-18-4-2-1-3-5-18/h1-9,23H,10-17H2. The third kappa shape index (κ3) is 5.25. The molecule has 1 saturated heterocycles. The summed E-state index contributed by atoms with van der Waals surface area (Å²) in [5.74, 6) is 1.09. The fourth-order valence-electron chi connectivity index (χ4n) is 3.00. The van der Waals surface area contributed by atoms with Crippen molar-refractivity contribution in [3.63, 3.8) is 0 Å². The molecule has 4 heteroatoms. The van der Waals surface area contributed by atoms with E-state index in [9.17, 15) is 5.11 Å². The van der Waals surface area contributed by atoms with Crippen LogP contribution in [0.5, 0.6) is 11.5 Å². The van der Waals surface area contributed by atoms with E-state index in [1.807, 2.05) is 0 Å². The minimum Gasteiger partial charge on any atom is -0.508 e. The minimum atomic E-state index is 0.272. The van der Waals surface area contributed by atoms with Gasteiger partial charge in [0.1, 0.15) is 18.1 Å². The summed E-state index contributed by atoms with van der Waals surface area (Å²) in [6.07, 6.45) is 1.13. The summed E-state index contributed by atoms with van der Waals surface area (Å²) in [6, 6.07) is 17.6. The van der Waals surface area contributed by atoms with Crippen molar-refractivity contribution in [2.45, 2.75) is 6.42 Å². The summed E-state index contributed by atoms with van der Waals surface area (Å²) in [6.45, 7) is 7.25. The first-order chi connectivity index (χ1) is 11.8. The molecule has 0 bridgehead atoms. The Morgan fingerprint density at radius 3 is 2.08 bits per heavy atom. The Hall–Kier alpha value is -2.04. The highest BCUT2D eigenvalue weighted by Gasteiger charge is 2.16. The lowest BCUT2D eigenvalue weighted by molar-refractivity contribution is 0.118. The molecule has 24 heavy (non-hydrogen) atoms. The van der Waals surface area contributed by atoms with Gasteiger partial charge in [-0.15, -0.1) is 0 Å². The summed E-state index contributed by atoms with van der Waals surface area (Å²) >= 11 is 0. The first kappa shape index (κ1) is 16.8. The van der Waals surface area contributed by atoms with Crippen molar-refractivity contribution in [2.24, 2.45) is 0 Å². The van der Waals surface area contributed by atoms with Crippen LogP contribution in [-0.2, 0) is 6.42 Å². The van der Waals surface area contributed by atoms with E-state index in [1.165, 1.54) is 5.56 Å². The van der Waals surface area contributed by atoms with Gasteiger partial charge in [0.25, 0.3) is 0 Å². The average molecular weight is 326 g/mol.